The molecule has 0 atom stereocenters. The van der Waals surface area contributed by atoms with Crippen molar-refractivity contribution in [2.75, 3.05) is 0 Å². The summed E-state index contributed by atoms with van der Waals surface area (Å²) in [5.41, 5.74) is 4.08. The van der Waals surface area contributed by atoms with Crippen molar-refractivity contribution in [1.29, 1.82) is 5.26 Å². The number of carbonyl (C=O) groups is 1. The number of rotatable bonds is 4. The number of nitrogens with zero attached hydrogens (tertiary/aromatic N) is 3. The van der Waals surface area contributed by atoms with Gasteiger partial charge in [0.2, 0.25) is 0 Å². The van der Waals surface area contributed by atoms with Gasteiger partial charge in [-0.1, -0.05) is 35.9 Å². The third-order valence-corrected chi connectivity index (χ3v) is 4.49. The van der Waals surface area contributed by atoms with Gasteiger partial charge in [-0.25, -0.2) is 4.98 Å². The quantitative estimate of drug-likeness (QED) is 0.514. The lowest BCUT2D eigenvalue weighted by atomic mass is 9.85. The largest absolute Gasteiger partial charge is 0.298 e. The second-order valence-electron chi connectivity index (χ2n) is 6.42. The molecule has 2 heterocycles. The van der Waals surface area contributed by atoms with E-state index in [4.69, 9.17) is 11.6 Å². The molecule has 0 radical (unpaired) electrons. The summed E-state index contributed by atoms with van der Waals surface area (Å²) in [6.07, 6.45) is 2.89. The molecule has 0 aliphatic heterocycles. The van der Waals surface area contributed by atoms with Crippen molar-refractivity contribution in [3.05, 3.63) is 70.0 Å². The molecule has 3 rings (SSSR count). The van der Waals surface area contributed by atoms with Gasteiger partial charge in [-0.3, -0.25) is 9.78 Å². The van der Waals surface area contributed by atoms with Crippen LogP contribution in [-0.4, -0.2) is 16.3 Å². The molecule has 0 aliphatic carbocycles. The third-order valence-electron chi connectivity index (χ3n) is 4.28. The van der Waals surface area contributed by atoms with Crippen molar-refractivity contribution in [1.82, 2.24) is 9.97 Å². The van der Waals surface area contributed by atoms with E-state index in [2.05, 4.69) is 16.0 Å². The first-order valence-electron chi connectivity index (χ1n) is 7.84. The number of hydrogen-bond acceptors (Lipinski definition) is 4. The van der Waals surface area contributed by atoms with Crippen LogP contribution < -0.4 is 0 Å². The van der Waals surface area contributed by atoms with Gasteiger partial charge < -0.3 is 0 Å². The molecule has 0 spiro atoms. The first kappa shape index (κ1) is 17.1. The van der Waals surface area contributed by atoms with Crippen LogP contribution >= 0.6 is 11.6 Å². The van der Waals surface area contributed by atoms with Crippen LogP contribution in [0.2, 0.25) is 5.15 Å². The summed E-state index contributed by atoms with van der Waals surface area (Å²) in [7, 11) is 0. The van der Waals surface area contributed by atoms with E-state index in [1.54, 1.807) is 18.3 Å². The summed E-state index contributed by atoms with van der Waals surface area (Å²) < 4.78 is 0. The SMILES string of the molecule is CC(C)(C#N)c1ccc(Cc2c(C=O)cnc3ccc(Cl)nc23)cc1. The molecule has 0 saturated heterocycles. The Morgan fingerprint density at radius 2 is 1.92 bits per heavy atom. The van der Waals surface area contributed by atoms with Gasteiger partial charge in [0.15, 0.2) is 6.29 Å². The Bertz CT molecular complexity index is 988. The van der Waals surface area contributed by atoms with Crippen LogP contribution in [0, 0.1) is 11.3 Å². The summed E-state index contributed by atoms with van der Waals surface area (Å²) >= 11 is 6.02. The van der Waals surface area contributed by atoms with Gasteiger partial charge in [-0.15, -0.1) is 0 Å². The summed E-state index contributed by atoms with van der Waals surface area (Å²) in [5, 5.41) is 9.61. The molecule has 0 N–H and O–H groups in total. The lowest BCUT2D eigenvalue weighted by Gasteiger charge is -2.16. The molecule has 4 nitrogen and oxygen atoms in total. The lowest BCUT2D eigenvalue weighted by molar-refractivity contribution is 0.112. The van der Waals surface area contributed by atoms with Crippen LogP contribution in [0.5, 0.6) is 0 Å². The number of carbonyl (C=O) groups excluding carboxylic acids is 1. The first-order chi connectivity index (χ1) is 11.9. The second-order valence-corrected chi connectivity index (χ2v) is 6.81. The Morgan fingerprint density at radius 1 is 1.20 bits per heavy atom. The number of halogens is 1. The maximum Gasteiger partial charge on any atom is 0.151 e. The van der Waals surface area contributed by atoms with E-state index in [1.165, 1.54) is 0 Å². The van der Waals surface area contributed by atoms with E-state index in [9.17, 15) is 10.1 Å². The van der Waals surface area contributed by atoms with Crippen molar-refractivity contribution in [3.63, 3.8) is 0 Å². The molecule has 5 heteroatoms. The Labute approximate surface area is 151 Å². The fraction of sp³-hybridized carbons (Fsp3) is 0.200. The van der Waals surface area contributed by atoms with E-state index in [0.29, 0.717) is 28.2 Å². The highest BCUT2D eigenvalue weighted by Gasteiger charge is 2.19. The number of aromatic nitrogens is 2. The molecule has 0 aliphatic rings. The van der Waals surface area contributed by atoms with E-state index in [0.717, 1.165) is 23.0 Å². The Balaban J connectivity index is 2.04. The van der Waals surface area contributed by atoms with E-state index in [1.807, 2.05) is 38.1 Å². The smallest absolute Gasteiger partial charge is 0.151 e. The molecular formula is C20H16ClN3O. The fourth-order valence-electron chi connectivity index (χ4n) is 2.70. The Kier molecular flexibility index (Phi) is 4.52. The van der Waals surface area contributed by atoms with Gasteiger partial charge in [0.05, 0.1) is 22.5 Å². The van der Waals surface area contributed by atoms with Crippen LogP contribution in [0.1, 0.15) is 40.9 Å². The molecule has 0 amide bonds. The number of aldehydes is 1. The van der Waals surface area contributed by atoms with Crippen LogP contribution in [0.4, 0.5) is 0 Å². The van der Waals surface area contributed by atoms with Crippen LogP contribution in [0.25, 0.3) is 11.0 Å². The lowest BCUT2D eigenvalue weighted by Crippen LogP contribution is -2.13. The van der Waals surface area contributed by atoms with Gasteiger partial charge in [-0.2, -0.15) is 5.26 Å². The fourth-order valence-corrected chi connectivity index (χ4v) is 2.85. The minimum absolute atomic E-state index is 0.365. The number of nitriles is 1. The predicted octanol–water partition coefficient (Wildman–Crippen LogP) is 4.49. The number of benzene rings is 1. The molecule has 0 unspecified atom stereocenters. The average molecular weight is 350 g/mol. The third kappa shape index (κ3) is 3.38. The molecule has 0 saturated carbocycles. The zero-order chi connectivity index (χ0) is 18.0. The Hall–Kier alpha value is -2.77. The van der Waals surface area contributed by atoms with E-state index < -0.39 is 5.41 Å². The normalized spacial score (nSPS) is 11.3. The van der Waals surface area contributed by atoms with Crippen molar-refractivity contribution in [2.45, 2.75) is 25.7 Å². The highest BCUT2D eigenvalue weighted by Crippen LogP contribution is 2.25. The van der Waals surface area contributed by atoms with Gasteiger partial charge in [0, 0.05) is 18.2 Å². The van der Waals surface area contributed by atoms with Crippen molar-refractivity contribution in [2.24, 2.45) is 0 Å². The molecule has 124 valence electrons. The maximum absolute atomic E-state index is 11.4. The standard InChI is InChI=1S/C20H16ClN3O/c1-20(2,12-22)15-5-3-13(4-6-15)9-16-14(11-25)10-23-17-7-8-18(21)24-19(16)17/h3-8,10-11H,9H2,1-2H3. The maximum atomic E-state index is 11.4. The van der Waals surface area contributed by atoms with Gasteiger partial charge in [0.1, 0.15) is 5.15 Å². The van der Waals surface area contributed by atoms with Gasteiger partial charge in [-0.05, 0) is 42.7 Å². The number of pyridine rings is 2. The van der Waals surface area contributed by atoms with Crippen molar-refractivity contribution >= 4 is 28.9 Å². The minimum Gasteiger partial charge on any atom is -0.298 e. The first-order valence-corrected chi connectivity index (χ1v) is 8.22. The van der Waals surface area contributed by atoms with Crippen molar-refractivity contribution < 1.29 is 4.79 Å². The van der Waals surface area contributed by atoms with Crippen LogP contribution in [0.3, 0.4) is 0 Å². The number of hydrogen-bond donors (Lipinski definition) is 0. The van der Waals surface area contributed by atoms with Gasteiger partial charge in [0.25, 0.3) is 0 Å². The summed E-state index contributed by atoms with van der Waals surface area (Å²) in [6.45, 7) is 3.77. The molecular weight excluding hydrogens is 334 g/mol. The van der Waals surface area contributed by atoms with E-state index >= 15 is 0 Å². The average Bonchev–Trinajstić information content (AvgIpc) is 2.62. The molecule has 2 aromatic heterocycles. The van der Waals surface area contributed by atoms with Gasteiger partial charge >= 0.3 is 0 Å². The Morgan fingerprint density at radius 3 is 2.56 bits per heavy atom. The van der Waals surface area contributed by atoms with Crippen LogP contribution in [-0.2, 0) is 11.8 Å². The molecule has 25 heavy (non-hydrogen) atoms. The topological polar surface area (TPSA) is 66.6 Å². The van der Waals surface area contributed by atoms with Crippen molar-refractivity contribution in [3.8, 4) is 6.07 Å². The zero-order valence-electron chi connectivity index (χ0n) is 14.0. The monoisotopic (exact) mass is 349 g/mol. The van der Waals surface area contributed by atoms with Crippen LogP contribution in [0.15, 0.2) is 42.6 Å². The molecule has 1 aromatic carbocycles. The molecule has 0 fully saturated rings. The summed E-state index contributed by atoms with van der Waals surface area (Å²) in [4.78, 5) is 20.0. The highest BCUT2D eigenvalue weighted by atomic mass is 35.5. The zero-order valence-corrected chi connectivity index (χ0v) is 14.7. The second kappa shape index (κ2) is 6.62. The molecule has 0 bridgehead atoms. The minimum atomic E-state index is -0.537. The summed E-state index contributed by atoms with van der Waals surface area (Å²) in [6, 6.07) is 13.6. The number of fused-ring (bicyclic) bond motifs is 1. The molecule has 3 aromatic rings. The van der Waals surface area contributed by atoms with E-state index in [-0.39, 0.29) is 0 Å². The predicted molar refractivity (Wildman–Crippen MR) is 97.8 cm³/mol. The highest BCUT2D eigenvalue weighted by molar-refractivity contribution is 6.29. The summed E-state index contributed by atoms with van der Waals surface area (Å²) in [5.74, 6) is 0.